The summed E-state index contributed by atoms with van der Waals surface area (Å²) >= 11 is 6.52. The normalized spacial score (nSPS) is 15.0. The van der Waals surface area contributed by atoms with Gasteiger partial charge in [-0.3, -0.25) is 9.69 Å². The van der Waals surface area contributed by atoms with E-state index < -0.39 is 0 Å². The predicted molar refractivity (Wildman–Crippen MR) is 108 cm³/mol. The molecule has 0 aromatic heterocycles. The number of carbonyl (C=O) groups excluding carboxylic acids is 1. The number of para-hydroxylation sites is 2. The maximum atomic E-state index is 12.3. The molecule has 3 nitrogen and oxygen atoms in total. The van der Waals surface area contributed by atoms with Crippen LogP contribution in [0, 0.1) is 0 Å². The van der Waals surface area contributed by atoms with Gasteiger partial charge in [-0.15, -0.1) is 0 Å². The Balaban J connectivity index is 1.91. The molecule has 2 aromatic carbocycles. The van der Waals surface area contributed by atoms with Crippen molar-refractivity contribution in [2.75, 3.05) is 4.90 Å². The summed E-state index contributed by atoms with van der Waals surface area (Å²) in [5, 5.41) is 0. The highest BCUT2D eigenvalue weighted by Gasteiger charge is 2.33. The smallest absolute Gasteiger partial charge is 0.270 e. The van der Waals surface area contributed by atoms with Crippen molar-refractivity contribution >= 4 is 39.9 Å². The third-order valence-electron chi connectivity index (χ3n) is 3.89. The number of hydrogen-bond acceptors (Lipinski definition) is 4. The molecule has 0 radical (unpaired) electrons. The Kier molecular flexibility index (Phi) is 4.71. The lowest BCUT2D eigenvalue weighted by Gasteiger charge is -2.20. The second-order valence-corrected chi connectivity index (χ2v) is 8.50. The summed E-state index contributed by atoms with van der Waals surface area (Å²) in [6, 6.07) is 15.4. The SMILES string of the molecule is C=C1SC(=S)N(c2ccccc2Oc2ccc(C(C)(C)C)cc2)C1=O. The second-order valence-electron chi connectivity index (χ2n) is 6.78. The van der Waals surface area contributed by atoms with E-state index in [4.69, 9.17) is 17.0 Å². The number of benzene rings is 2. The summed E-state index contributed by atoms with van der Waals surface area (Å²) in [5.41, 5.74) is 1.95. The van der Waals surface area contributed by atoms with Crippen LogP contribution in [-0.2, 0) is 10.2 Å². The van der Waals surface area contributed by atoms with E-state index in [9.17, 15) is 4.79 Å². The first-order valence-corrected chi connectivity index (χ1v) is 9.12. The van der Waals surface area contributed by atoms with E-state index in [1.807, 2.05) is 36.4 Å². The van der Waals surface area contributed by atoms with Gasteiger partial charge in [-0.1, -0.05) is 75.6 Å². The first kappa shape index (κ1) is 17.7. The van der Waals surface area contributed by atoms with Crippen LogP contribution in [0.5, 0.6) is 11.5 Å². The van der Waals surface area contributed by atoms with Gasteiger partial charge < -0.3 is 4.74 Å². The van der Waals surface area contributed by atoms with Crippen molar-refractivity contribution < 1.29 is 9.53 Å². The van der Waals surface area contributed by atoms with Gasteiger partial charge in [0.25, 0.3) is 5.91 Å². The minimum Gasteiger partial charge on any atom is -0.455 e. The van der Waals surface area contributed by atoms with Crippen molar-refractivity contribution in [2.24, 2.45) is 0 Å². The van der Waals surface area contributed by atoms with Crippen LogP contribution in [-0.4, -0.2) is 10.2 Å². The lowest BCUT2D eigenvalue weighted by molar-refractivity contribution is -0.113. The first-order chi connectivity index (χ1) is 11.8. The van der Waals surface area contributed by atoms with Gasteiger partial charge in [0.15, 0.2) is 10.1 Å². The molecule has 0 N–H and O–H groups in total. The average Bonchev–Trinajstić information content (AvgIpc) is 2.80. The van der Waals surface area contributed by atoms with Crippen molar-refractivity contribution in [1.29, 1.82) is 0 Å². The fourth-order valence-electron chi connectivity index (χ4n) is 2.49. The van der Waals surface area contributed by atoms with Gasteiger partial charge in [-0.25, -0.2) is 0 Å². The molecule has 1 fully saturated rings. The lowest BCUT2D eigenvalue weighted by Crippen LogP contribution is -2.27. The van der Waals surface area contributed by atoms with E-state index in [0.717, 1.165) is 0 Å². The molecule has 0 bridgehead atoms. The van der Waals surface area contributed by atoms with Gasteiger partial charge in [0.05, 0.1) is 10.6 Å². The summed E-state index contributed by atoms with van der Waals surface area (Å²) < 4.78 is 6.50. The summed E-state index contributed by atoms with van der Waals surface area (Å²) in [7, 11) is 0. The predicted octanol–water partition coefficient (Wildman–Crippen LogP) is 5.65. The fourth-order valence-corrected chi connectivity index (χ4v) is 3.63. The molecule has 3 rings (SSSR count). The van der Waals surface area contributed by atoms with Gasteiger partial charge >= 0.3 is 0 Å². The molecule has 5 heteroatoms. The number of ether oxygens (including phenoxy) is 1. The highest BCUT2D eigenvalue weighted by molar-refractivity contribution is 8.27. The van der Waals surface area contributed by atoms with E-state index in [0.29, 0.717) is 26.4 Å². The van der Waals surface area contributed by atoms with Crippen molar-refractivity contribution in [3.05, 3.63) is 65.6 Å². The second kappa shape index (κ2) is 6.65. The van der Waals surface area contributed by atoms with Gasteiger partial charge in [0.2, 0.25) is 0 Å². The van der Waals surface area contributed by atoms with E-state index in [-0.39, 0.29) is 11.3 Å². The molecule has 0 aliphatic carbocycles. The van der Waals surface area contributed by atoms with Gasteiger partial charge in [0.1, 0.15) is 5.75 Å². The fraction of sp³-hybridized carbons (Fsp3) is 0.200. The van der Waals surface area contributed by atoms with Crippen LogP contribution in [0.4, 0.5) is 5.69 Å². The Labute approximate surface area is 157 Å². The van der Waals surface area contributed by atoms with Crippen LogP contribution in [0.25, 0.3) is 0 Å². The van der Waals surface area contributed by atoms with Gasteiger partial charge in [0, 0.05) is 0 Å². The van der Waals surface area contributed by atoms with Crippen LogP contribution in [0.15, 0.2) is 60.0 Å². The number of thioether (sulfide) groups is 1. The lowest BCUT2D eigenvalue weighted by atomic mass is 9.87. The monoisotopic (exact) mass is 369 g/mol. The molecular weight excluding hydrogens is 350 g/mol. The molecule has 0 atom stereocenters. The number of rotatable bonds is 3. The molecule has 0 saturated carbocycles. The zero-order valence-corrected chi connectivity index (χ0v) is 16.0. The van der Waals surface area contributed by atoms with E-state index in [2.05, 4.69) is 39.5 Å². The third-order valence-corrected chi connectivity index (χ3v) is 5.10. The molecule has 25 heavy (non-hydrogen) atoms. The standard InChI is InChI=1S/C20H19NO2S2/c1-13-18(22)21(19(24)25-13)16-7-5-6-8-17(16)23-15-11-9-14(10-12-15)20(2,3)4/h5-12H,1H2,2-4H3. The summed E-state index contributed by atoms with van der Waals surface area (Å²) in [6.45, 7) is 10.3. The highest BCUT2D eigenvalue weighted by Crippen LogP contribution is 2.40. The summed E-state index contributed by atoms with van der Waals surface area (Å²) in [4.78, 5) is 14.2. The minimum atomic E-state index is -0.200. The third kappa shape index (κ3) is 3.62. The Hall–Kier alpha value is -2.11. The first-order valence-electron chi connectivity index (χ1n) is 7.90. The Morgan fingerprint density at radius 3 is 2.28 bits per heavy atom. The minimum absolute atomic E-state index is 0.0855. The number of carbonyl (C=O) groups is 1. The molecule has 1 amide bonds. The zero-order chi connectivity index (χ0) is 18.2. The maximum Gasteiger partial charge on any atom is 0.270 e. The molecule has 0 unspecified atom stereocenters. The number of anilines is 1. The zero-order valence-electron chi connectivity index (χ0n) is 14.4. The molecular formula is C20H19NO2S2. The van der Waals surface area contributed by atoms with E-state index >= 15 is 0 Å². The molecule has 1 saturated heterocycles. The highest BCUT2D eigenvalue weighted by atomic mass is 32.2. The van der Waals surface area contributed by atoms with Gasteiger partial charge in [-0.2, -0.15) is 0 Å². The van der Waals surface area contributed by atoms with Crippen LogP contribution in [0.3, 0.4) is 0 Å². The number of amides is 1. The number of thiocarbonyl (C=S) groups is 1. The number of nitrogens with zero attached hydrogens (tertiary/aromatic N) is 1. The maximum absolute atomic E-state index is 12.3. The summed E-state index contributed by atoms with van der Waals surface area (Å²) in [5.74, 6) is 1.09. The van der Waals surface area contributed by atoms with Crippen molar-refractivity contribution in [3.8, 4) is 11.5 Å². The Morgan fingerprint density at radius 2 is 1.72 bits per heavy atom. The molecule has 1 aliphatic heterocycles. The number of hydrogen-bond donors (Lipinski definition) is 0. The molecule has 0 spiro atoms. The van der Waals surface area contributed by atoms with E-state index in [1.54, 1.807) is 0 Å². The van der Waals surface area contributed by atoms with E-state index in [1.165, 1.54) is 22.2 Å². The van der Waals surface area contributed by atoms with Crippen LogP contribution >= 0.6 is 24.0 Å². The van der Waals surface area contributed by atoms with Crippen LogP contribution in [0.1, 0.15) is 26.3 Å². The topological polar surface area (TPSA) is 29.5 Å². The van der Waals surface area contributed by atoms with Crippen LogP contribution < -0.4 is 9.64 Å². The largest absolute Gasteiger partial charge is 0.455 e. The van der Waals surface area contributed by atoms with Crippen LogP contribution in [0.2, 0.25) is 0 Å². The molecule has 128 valence electrons. The molecule has 1 aliphatic rings. The molecule has 2 aromatic rings. The van der Waals surface area contributed by atoms with Gasteiger partial charge in [-0.05, 0) is 35.2 Å². The van der Waals surface area contributed by atoms with Crippen molar-refractivity contribution in [1.82, 2.24) is 0 Å². The average molecular weight is 370 g/mol. The quantitative estimate of drug-likeness (QED) is 0.516. The summed E-state index contributed by atoms with van der Waals surface area (Å²) in [6.07, 6.45) is 0. The van der Waals surface area contributed by atoms with Crippen molar-refractivity contribution in [2.45, 2.75) is 26.2 Å². The van der Waals surface area contributed by atoms with Crippen molar-refractivity contribution in [3.63, 3.8) is 0 Å². The molecule has 1 heterocycles. The Morgan fingerprint density at radius 1 is 1.08 bits per heavy atom. The Bertz CT molecular complexity index is 851.